The summed E-state index contributed by atoms with van der Waals surface area (Å²) in [5.74, 6) is 0.614. The second-order valence-corrected chi connectivity index (χ2v) is 9.21. The summed E-state index contributed by atoms with van der Waals surface area (Å²) in [6.07, 6.45) is 8.76. The van der Waals surface area contributed by atoms with Crippen molar-refractivity contribution in [3.05, 3.63) is 125 Å². The molecule has 6 aromatic rings. The van der Waals surface area contributed by atoms with Gasteiger partial charge in [0.2, 0.25) is 0 Å². The van der Waals surface area contributed by atoms with Crippen LogP contribution in [0.5, 0.6) is 0 Å². The van der Waals surface area contributed by atoms with E-state index in [0.717, 1.165) is 62.7 Å². The van der Waals surface area contributed by atoms with E-state index >= 15 is 0 Å². The number of fused-ring (bicyclic) bond motifs is 1. The SMILES string of the molecule is CCc1ccc(-n2cc(C(c3ccccn3)c3ccccn3)c3cc(-c4c(C)noc4C)cnc32)cc1. The molecule has 5 heterocycles. The normalized spacial score (nSPS) is 11.5. The Hall–Kier alpha value is -4.58. The van der Waals surface area contributed by atoms with Gasteiger partial charge in [-0.2, -0.15) is 0 Å². The van der Waals surface area contributed by atoms with Crippen LogP contribution in [0.2, 0.25) is 0 Å². The molecule has 0 atom stereocenters. The van der Waals surface area contributed by atoms with Gasteiger partial charge in [0.15, 0.2) is 0 Å². The first-order valence-corrected chi connectivity index (χ1v) is 12.5. The third kappa shape index (κ3) is 4.10. The van der Waals surface area contributed by atoms with E-state index in [4.69, 9.17) is 19.5 Å². The van der Waals surface area contributed by atoms with Crippen LogP contribution < -0.4 is 0 Å². The number of pyridine rings is 3. The summed E-state index contributed by atoms with van der Waals surface area (Å²) in [7, 11) is 0. The molecule has 0 unspecified atom stereocenters. The van der Waals surface area contributed by atoms with Crippen molar-refractivity contribution in [1.82, 2.24) is 24.7 Å². The second kappa shape index (κ2) is 9.47. The molecule has 0 bridgehead atoms. The summed E-state index contributed by atoms with van der Waals surface area (Å²) in [4.78, 5) is 14.5. The molecular weight excluding hydrogens is 458 g/mol. The third-order valence-electron chi connectivity index (χ3n) is 6.90. The minimum atomic E-state index is -0.164. The lowest BCUT2D eigenvalue weighted by Crippen LogP contribution is -2.07. The number of benzene rings is 1. The van der Waals surface area contributed by atoms with Crippen molar-refractivity contribution < 1.29 is 4.52 Å². The Kier molecular flexibility index (Phi) is 5.85. The van der Waals surface area contributed by atoms with Crippen molar-refractivity contribution >= 4 is 11.0 Å². The average molecular weight is 486 g/mol. The van der Waals surface area contributed by atoms with E-state index in [0.29, 0.717) is 0 Å². The summed E-state index contributed by atoms with van der Waals surface area (Å²) >= 11 is 0. The summed E-state index contributed by atoms with van der Waals surface area (Å²) in [6, 6.07) is 22.9. The number of aryl methyl sites for hydroxylation is 3. The fraction of sp³-hybridized carbons (Fsp3) is 0.161. The van der Waals surface area contributed by atoms with Gasteiger partial charge in [-0.1, -0.05) is 36.3 Å². The predicted molar refractivity (Wildman–Crippen MR) is 145 cm³/mol. The number of aromatic nitrogens is 5. The molecule has 37 heavy (non-hydrogen) atoms. The van der Waals surface area contributed by atoms with Crippen LogP contribution in [0.4, 0.5) is 0 Å². The molecule has 0 fully saturated rings. The molecule has 182 valence electrons. The Morgan fingerprint density at radius 2 is 1.57 bits per heavy atom. The Morgan fingerprint density at radius 3 is 2.14 bits per heavy atom. The number of nitrogens with zero attached hydrogens (tertiary/aromatic N) is 5. The molecule has 0 aliphatic carbocycles. The molecule has 6 rings (SSSR count). The van der Waals surface area contributed by atoms with Crippen LogP contribution in [0.25, 0.3) is 27.8 Å². The molecule has 6 nitrogen and oxygen atoms in total. The Balaban J connectivity index is 1.64. The van der Waals surface area contributed by atoms with Crippen LogP contribution in [0.15, 0.2) is 96.0 Å². The standard InChI is InChI=1S/C31H27N5O/c1-4-22-11-13-24(14-12-22)36-19-26(30(27-9-5-7-15-32-27)28-10-6-8-16-33-28)25-17-23(18-34-31(25)36)29-20(2)35-37-21(29)3/h5-19,30H,4H2,1-3H3. The lowest BCUT2D eigenvalue weighted by atomic mass is 9.91. The largest absolute Gasteiger partial charge is 0.361 e. The van der Waals surface area contributed by atoms with Gasteiger partial charge in [0.05, 0.1) is 23.0 Å². The number of rotatable bonds is 6. The monoisotopic (exact) mass is 485 g/mol. The van der Waals surface area contributed by atoms with E-state index < -0.39 is 0 Å². The molecule has 0 aliphatic heterocycles. The zero-order chi connectivity index (χ0) is 25.4. The van der Waals surface area contributed by atoms with Crippen molar-refractivity contribution in [2.75, 3.05) is 0 Å². The lowest BCUT2D eigenvalue weighted by Gasteiger charge is -2.16. The highest BCUT2D eigenvalue weighted by Gasteiger charge is 2.26. The van der Waals surface area contributed by atoms with Gasteiger partial charge in [-0.3, -0.25) is 9.97 Å². The minimum absolute atomic E-state index is 0.164. The Labute approximate surface area is 215 Å². The summed E-state index contributed by atoms with van der Waals surface area (Å²) in [5.41, 5.74) is 9.01. The van der Waals surface area contributed by atoms with E-state index in [1.54, 1.807) is 0 Å². The molecule has 0 saturated carbocycles. The Bertz CT molecular complexity index is 1610. The first-order chi connectivity index (χ1) is 18.1. The van der Waals surface area contributed by atoms with Crippen LogP contribution in [0, 0.1) is 13.8 Å². The van der Waals surface area contributed by atoms with Gasteiger partial charge in [0, 0.05) is 47.0 Å². The maximum absolute atomic E-state index is 5.47. The van der Waals surface area contributed by atoms with Crippen LogP contribution in [-0.2, 0) is 6.42 Å². The molecule has 0 amide bonds. The first kappa shape index (κ1) is 22.9. The fourth-order valence-electron chi connectivity index (χ4n) is 5.05. The van der Waals surface area contributed by atoms with Crippen LogP contribution in [0.1, 0.15) is 46.8 Å². The summed E-state index contributed by atoms with van der Waals surface area (Å²) in [6.45, 7) is 6.06. The van der Waals surface area contributed by atoms with Gasteiger partial charge >= 0.3 is 0 Å². The quantitative estimate of drug-likeness (QED) is 0.259. The van der Waals surface area contributed by atoms with E-state index in [9.17, 15) is 0 Å². The van der Waals surface area contributed by atoms with E-state index in [-0.39, 0.29) is 5.92 Å². The van der Waals surface area contributed by atoms with Crippen LogP contribution >= 0.6 is 0 Å². The van der Waals surface area contributed by atoms with Crippen molar-refractivity contribution in [2.45, 2.75) is 33.1 Å². The van der Waals surface area contributed by atoms with E-state index in [2.05, 4.69) is 65.3 Å². The molecule has 0 N–H and O–H groups in total. The van der Waals surface area contributed by atoms with E-state index in [1.807, 2.05) is 56.7 Å². The molecule has 0 radical (unpaired) electrons. The highest BCUT2D eigenvalue weighted by Crippen LogP contribution is 2.38. The predicted octanol–water partition coefficient (Wildman–Crippen LogP) is 6.83. The highest BCUT2D eigenvalue weighted by atomic mass is 16.5. The highest BCUT2D eigenvalue weighted by molar-refractivity contribution is 5.88. The molecule has 0 saturated heterocycles. The molecule has 5 aromatic heterocycles. The molecule has 0 spiro atoms. The van der Waals surface area contributed by atoms with Crippen LogP contribution in [0.3, 0.4) is 0 Å². The van der Waals surface area contributed by atoms with Gasteiger partial charge in [-0.05, 0) is 73.9 Å². The smallest absolute Gasteiger partial charge is 0.144 e. The molecular formula is C31H27N5O. The maximum Gasteiger partial charge on any atom is 0.144 e. The molecule has 1 aromatic carbocycles. The number of hydrogen-bond acceptors (Lipinski definition) is 5. The lowest BCUT2D eigenvalue weighted by molar-refractivity contribution is 0.393. The zero-order valence-corrected chi connectivity index (χ0v) is 21.1. The van der Waals surface area contributed by atoms with Gasteiger partial charge in [0.25, 0.3) is 0 Å². The van der Waals surface area contributed by atoms with Gasteiger partial charge < -0.3 is 9.09 Å². The maximum atomic E-state index is 5.47. The average Bonchev–Trinajstić information content (AvgIpc) is 3.49. The van der Waals surface area contributed by atoms with Crippen molar-refractivity contribution in [3.63, 3.8) is 0 Å². The second-order valence-electron chi connectivity index (χ2n) is 9.21. The third-order valence-corrected chi connectivity index (χ3v) is 6.90. The first-order valence-electron chi connectivity index (χ1n) is 12.5. The minimum Gasteiger partial charge on any atom is -0.361 e. The van der Waals surface area contributed by atoms with Crippen molar-refractivity contribution in [2.24, 2.45) is 0 Å². The summed E-state index contributed by atoms with van der Waals surface area (Å²) in [5, 5.41) is 5.21. The number of hydrogen-bond donors (Lipinski definition) is 0. The fourth-order valence-corrected chi connectivity index (χ4v) is 5.05. The van der Waals surface area contributed by atoms with Crippen molar-refractivity contribution in [1.29, 1.82) is 0 Å². The zero-order valence-electron chi connectivity index (χ0n) is 21.1. The van der Waals surface area contributed by atoms with Gasteiger partial charge in [-0.15, -0.1) is 0 Å². The Morgan fingerprint density at radius 1 is 0.865 bits per heavy atom. The van der Waals surface area contributed by atoms with Crippen molar-refractivity contribution in [3.8, 4) is 16.8 Å². The van der Waals surface area contributed by atoms with Gasteiger partial charge in [0.1, 0.15) is 11.4 Å². The van der Waals surface area contributed by atoms with Gasteiger partial charge in [-0.25, -0.2) is 4.98 Å². The summed E-state index contributed by atoms with van der Waals surface area (Å²) < 4.78 is 7.64. The van der Waals surface area contributed by atoms with E-state index in [1.165, 1.54) is 5.56 Å². The van der Waals surface area contributed by atoms with Crippen LogP contribution in [-0.4, -0.2) is 24.7 Å². The topological polar surface area (TPSA) is 69.6 Å². The molecule has 6 heteroatoms. The molecule has 0 aliphatic rings.